The van der Waals surface area contributed by atoms with E-state index < -0.39 is 0 Å². The number of anilines is 3. The normalized spacial score (nSPS) is 12.1. The van der Waals surface area contributed by atoms with E-state index in [1.807, 2.05) is 6.92 Å². The van der Waals surface area contributed by atoms with Gasteiger partial charge < -0.3 is 16.8 Å². The SMILES string of the molecule is CC(Nc1ccc(N)c(N)n1)c1ccccc1F. The Balaban J connectivity index is 2.19. The van der Waals surface area contributed by atoms with Gasteiger partial charge >= 0.3 is 0 Å². The van der Waals surface area contributed by atoms with Gasteiger partial charge in [0.05, 0.1) is 11.7 Å². The van der Waals surface area contributed by atoms with Gasteiger partial charge in [-0.3, -0.25) is 0 Å². The van der Waals surface area contributed by atoms with Gasteiger partial charge in [0.25, 0.3) is 0 Å². The molecule has 0 radical (unpaired) electrons. The maximum absolute atomic E-state index is 13.6. The highest BCUT2D eigenvalue weighted by Crippen LogP contribution is 2.22. The number of benzene rings is 1. The highest BCUT2D eigenvalue weighted by molar-refractivity contribution is 5.61. The second-order valence-electron chi connectivity index (χ2n) is 4.06. The monoisotopic (exact) mass is 246 g/mol. The summed E-state index contributed by atoms with van der Waals surface area (Å²) in [5, 5.41) is 3.08. The van der Waals surface area contributed by atoms with Crippen molar-refractivity contribution < 1.29 is 4.39 Å². The summed E-state index contributed by atoms with van der Waals surface area (Å²) in [4.78, 5) is 4.09. The molecule has 0 fully saturated rings. The molecule has 5 heteroatoms. The topological polar surface area (TPSA) is 77.0 Å². The summed E-state index contributed by atoms with van der Waals surface area (Å²) in [5.41, 5.74) is 12.2. The molecule has 0 aliphatic carbocycles. The Kier molecular flexibility index (Phi) is 3.32. The summed E-state index contributed by atoms with van der Waals surface area (Å²) < 4.78 is 13.6. The lowest BCUT2D eigenvalue weighted by Crippen LogP contribution is -2.10. The standard InChI is InChI=1S/C13H15FN4/c1-8(9-4-2-3-5-10(9)14)17-12-7-6-11(15)13(16)18-12/h2-8H,15H2,1H3,(H3,16,17,18). The molecule has 1 atom stereocenters. The fourth-order valence-corrected chi connectivity index (χ4v) is 1.69. The molecule has 1 unspecified atom stereocenters. The van der Waals surface area contributed by atoms with Crippen LogP contribution in [0.2, 0.25) is 0 Å². The molecule has 2 aromatic rings. The summed E-state index contributed by atoms with van der Waals surface area (Å²) in [5.74, 6) is 0.583. The second-order valence-corrected chi connectivity index (χ2v) is 4.06. The average Bonchev–Trinajstić information content (AvgIpc) is 2.34. The molecule has 1 aromatic heterocycles. The van der Waals surface area contributed by atoms with Crippen molar-refractivity contribution in [1.82, 2.24) is 4.98 Å². The predicted octanol–water partition coefficient (Wildman–Crippen LogP) is 2.56. The number of aromatic nitrogens is 1. The first-order valence-electron chi connectivity index (χ1n) is 5.61. The number of nitrogens with one attached hydrogen (secondary N) is 1. The zero-order chi connectivity index (χ0) is 13.1. The van der Waals surface area contributed by atoms with Crippen LogP contribution in [0.4, 0.5) is 21.7 Å². The quantitative estimate of drug-likeness (QED) is 0.777. The molecule has 0 bridgehead atoms. The van der Waals surface area contributed by atoms with Gasteiger partial charge in [-0.05, 0) is 25.1 Å². The van der Waals surface area contributed by atoms with Gasteiger partial charge in [-0.15, -0.1) is 0 Å². The molecule has 0 saturated carbocycles. The lowest BCUT2D eigenvalue weighted by molar-refractivity contribution is 0.600. The van der Waals surface area contributed by atoms with Crippen molar-refractivity contribution in [3.63, 3.8) is 0 Å². The van der Waals surface area contributed by atoms with Crippen molar-refractivity contribution in [2.75, 3.05) is 16.8 Å². The molecule has 1 heterocycles. The van der Waals surface area contributed by atoms with E-state index in [2.05, 4.69) is 10.3 Å². The zero-order valence-corrected chi connectivity index (χ0v) is 10.0. The third-order valence-corrected chi connectivity index (χ3v) is 2.69. The fraction of sp³-hybridized carbons (Fsp3) is 0.154. The third kappa shape index (κ3) is 2.51. The van der Waals surface area contributed by atoms with Gasteiger partial charge in [0, 0.05) is 5.56 Å². The molecule has 0 aliphatic rings. The lowest BCUT2D eigenvalue weighted by atomic mass is 10.1. The van der Waals surface area contributed by atoms with E-state index in [-0.39, 0.29) is 17.7 Å². The maximum Gasteiger partial charge on any atom is 0.149 e. The van der Waals surface area contributed by atoms with Crippen LogP contribution in [0.5, 0.6) is 0 Å². The molecule has 94 valence electrons. The lowest BCUT2D eigenvalue weighted by Gasteiger charge is -2.16. The van der Waals surface area contributed by atoms with E-state index >= 15 is 0 Å². The highest BCUT2D eigenvalue weighted by atomic mass is 19.1. The molecule has 0 amide bonds. The number of rotatable bonds is 3. The fourth-order valence-electron chi connectivity index (χ4n) is 1.69. The first-order chi connectivity index (χ1) is 8.58. The summed E-state index contributed by atoms with van der Waals surface area (Å²) >= 11 is 0. The minimum Gasteiger partial charge on any atom is -0.396 e. The van der Waals surface area contributed by atoms with E-state index in [9.17, 15) is 4.39 Å². The van der Waals surface area contributed by atoms with E-state index in [4.69, 9.17) is 11.5 Å². The van der Waals surface area contributed by atoms with Crippen LogP contribution in [0.25, 0.3) is 0 Å². The van der Waals surface area contributed by atoms with Gasteiger partial charge in [-0.1, -0.05) is 18.2 Å². The molecule has 5 N–H and O–H groups in total. The Bertz CT molecular complexity index is 556. The van der Waals surface area contributed by atoms with Crippen molar-refractivity contribution in [1.29, 1.82) is 0 Å². The van der Waals surface area contributed by atoms with Crippen molar-refractivity contribution >= 4 is 17.3 Å². The molecule has 4 nitrogen and oxygen atoms in total. The number of nitrogens with zero attached hydrogens (tertiary/aromatic N) is 1. The predicted molar refractivity (Wildman–Crippen MR) is 71.5 cm³/mol. The largest absolute Gasteiger partial charge is 0.396 e. The summed E-state index contributed by atoms with van der Waals surface area (Å²) in [6, 6.07) is 9.78. The molecule has 0 aliphatic heterocycles. The van der Waals surface area contributed by atoms with Crippen LogP contribution in [-0.2, 0) is 0 Å². The first kappa shape index (κ1) is 12.2. The van der Waals surface area contributed by atoms with Gasteiger partial charge in [0.2, 0.25) is 0 Å². The van der Waals surface area contributed by atoms with Crippen LogP contribution in [-0.4, -0.2) is 4.98 Å². The van der Waals surface area contributed by atoms with Crippen LogP contribution in [0, 0.1) is 5.82 Å². The second kappa shape index (κ2) is 4.91. The Hall–Kier alpha value is -2.30. The smallest absolute Gasteiger partial charge is 0.149 e. The van der Waals surface area contributed by atoms with Crippen LogP contribution >= 0.6 is 0 Å². The summed E-state index contributed by atoms with van der Waals surface area (Å²) in [7, 11) is 0. The number of halogens is 1. The molecular formula is C13H15FN4. The van der Waals surface area contributed by atoms with Crippen molar-refractivity contribution in [2.45, 2.75) is 13.0 Å². The minimum absolute atomic E-state index is 0.207. The van der Waals surface area contributed by atoms with E-state index in [0.717, 1.165) is 0 Å². The van der Waals surface area contributed by atoms with Crippen LogP contribution in [0.3, 0.4) is 0 Å². The number of pyridine rings is 1. The van der Waals surface area contributed by atoms with Gasteiger partial charge in [0.1, 0.15) is 17.5 Å². The van der Waals surface area contributed by atoms with Crippen LogP contribution in [0.1, 0.15) is 18.5 Å². The molecule has 0 saturated heterocycles. The van der Waals surface area contributed by atoms with Crippen molar-refractivity contribution in [2.24, 2.45) is 0 Å². The number of hydrogen-bond acceptors (Lipinski definition) is 4. The summed E-state index contributed by atoms with van der Waals surface area (Å²) in [6.07, 6.45) is 0. The van der Waals surface area contributed by atoms with Gasteiger partial charge in [-0.2, -0.15) is 0 Å². The van der Waals surface area contributed by atoms with Crippen molar-refractivity contribution in [3.05, 3.63) is 47.8 Å². The van der Waals surface area contributed by atoms with E-state index in [1.54, 1.807) is 30.3 Å². The van der Waals surface area contributed by atoms with Crippen molar-refractivity contribution in [3.8, 4) is 0 Å². The number of nitrogens with two attached hydrogens (primary N) is 2. The van der Waals surface area contributed by atoms with Crippen LogP contribution in [0.15, 0.2) is 36.4 Å². The van der Waals surface area contributed by atoms with E-state index in [0.29, 0.717) is 17.1 Å². The molecule has 18 heavy (non-hydrogen) atoms. The zero-order valence-electron chi connectivity index (χ0n) is 10.0. The average molecular weight is 246 g/mol. The molecule has 0 spiro atoms. The molecule has 1 aromatic carbocycles. The minimum atomic E-state index is -0.249. The van der Waals surface area contributed by atoms with E-state index in [1.165, 1.54) is 6.07 Å². The molecular weight excluding hydrogens is 231 g/mol. The Morgan fingerprint density at radius 1 is 1.17 bits per heavy atom. The Morgan fingerprint density at radius 3 is 2.56 bits per heavy atom. The third-order valence-electron chi connectivity index (χ3n) is 2.69. The van der Waals surface area contributed by atoms with Crippen LogP contribution < -0.4 is 16.8 Å². The van der Waals surface area contributed by atoms with Gasteiger partial charge in [0.15, 0.2) is 0 Å². The maximum atomic E-state index is 13.6. The molecule has 2 rings (SSSR count). The Morgan fingerprint density at radius 2 is 1.89 bits per heavy atom. The Labute approximate surface area is 105 Å². The number of hydrogen-bond donors (Lipinski definition) is 3. The highest BCUT2D eigenvalue weighted by Gasteiger charge is 2.10. The van der Waals surface area contributed by atoms with Gasteiger partial charge in [-0.25, -0.2) is 9.37 Å². The first-order valence-corrected chi connectivity index (χ1v) is 5.61. The number of nitrogen functional groups attached to an aromatic ring is 2. The summed E-state index contributed by atoms with van der Waals surface area (Å²) in [6.45, 7) is 1.85.